The maximum atomic E-state index is 12.6. The molecule has 34 heavy (non-hydrogen) atoms. The van der Waals surface area contributed by atoms with Gasteiger partial charge >= 0.3 is 6.09 Å². The fourth-order valence-corrected chi connectivity index (χ4v) is 5.10. The van der Waals surface area contributed by atoms with Crippen LogP contribution in [-0.4, -0.2) is 67.8 Å². The molecule has 11 nitrogen and oxygen atoms in total. The number of primary amides is 1. The van der Waals surface area contributed by atoms with Crippen LogP contribution in [0.3, 0.4) is 0 Å². The van der Waals surface area contributed by atoms with E-state index in [2.05, 4.69) is 26.3 Å². The Morgan fingerprint density at radius 2 is 2.03 bits per heavy atom. The van der Waals surface area contributed by atoms with Crippen LogP contribution in [0.5, 0.6) is 5.75 Å². The average Bonchev–Trinajstić information content (AvgIpc) is 3.19. The van der Waals surface area contributed by atoms with Crippen molar-refractivity contribution in [2.45, 2.75) is 44.0 Å². The smallest absolute Gasteiger partial charge is 0.404 e. The number of carbonyl (C=O) groups excluding carboxylic acids is 1. The fourth-order valence-electron chi connectivity index (χ4n) is 3.80. The minimum Gasteiger partial charge on any atom is -0.491 e. The summed E-state index contributed by atoms with van der Waals surface area (Å²) in [5, 5.41) is 3.28. The van der Waals surface area contributed by atoms with Crippen molar-refractivity contribution >= 4 is 34.2 Å². The summed E-state index contributed by atoms with van der Waals surface area (Å²) in [5.74, 6) is 2.91. The summed E-state index contributed by atoms with van der Waals surface area (Å²) in [6.45, 7) is 7.53. The number of nitrogens with one attached hydrogen (secondary N) is 1. The van der Waals surface area contributed by atoms with E-state index in [4.69, 9.17) is 25.2 Å². The summed E-state index contributed by atoms with van der Waals surface area (Å²) in [7, 11) is -1.18. The normalized spacial score (nSPS) is 17.7. The van der Waals surface area contributed by atoms with E-state index in [1.54, 1.807) is 12.4 Å². The molecule has 4 rings (SSSR count). The quantitative estimate of drug-likeness (QED) is 0.566. The van der Waals surface area contributed by atoms with Gasteiger partial charge in [-0.25, -0.2) is 19.7 Å². The molecular formula is C22H29N7O4S. The Morgan fingerprint density at radius 1 is 1.26 bits per heavy atom. The van der Waals surface area contributed by atoms with Gasteiger partial charge in [-0.1, -0.05) is 6.08 Å². The molecule has 0 aliphatic carbocycles. The van der Waals surface area contributed by atoms with Gasteiger partial charge in [-0.3, -0.25) is 4.21 Å². The van der Waals surface area contributed by atoms with Crippen LogP contribution in [0.25, 0.3) is 5.57 Å². The first-order valence-corrected chi connectivity index (χ1v) is 12.5. The zero-order valence-electron chi connectivity index (χ0n) is 19.5. The zero-order valence-corrected chi connectivity index (χ0v) is 20.4. The molecule has 0 spiro atoms. The van der Waals surface area contributed by atoms with Crippen molar-refractivity contribution < 1.29 is 18.5 Å². The molecule has 182 valence electrons. The number of fused-ring (bicyclic) bond motifs is 1. The molecule has 1 atom stereocenters. The molecule has 2 aromatic heterocycles. The lowest BCUT2D eigenvalue weighted by atomic mass is 10.1. The zero-order chi connectivity index (χ0) is 24.3. The summed E-state index contributed by atoms with van der Waals surface area (Å²) in [6.07, 6.45) is 5.96. The van der Waals surface area contributed by atoms with E-state index >= 15 is 0 Å². The highest BCUT2D eigenvalue weighted by Crippen LogP contribution is 2.32. The van der Waals surface area contributed by atoms with Crippen LogP contribution in [0, 0.1) is 0 Å². The third kappa shape index (κ3) is 5.44. The number of rotatable bonds is 8. The molecular weight excluding hydrogens is 458 g/mol. The highest BCUT2D eigenvalue weighted by molar-refractivity contribution is 7.85. The Morgan fingerprint density at radius 3 is 2.68 bits per heavy atom. The minimum absolute atomic E-state index is 0.0426. The number of hydrogen-bond acceptors (Lipinski definition) is 10. The van der Waals surface area contributed by atoms with E-state index in [0.29, 0.717) is 60.1 Å². The number of anilines is 2. The van der Waals surface area contributed by atoms with Crippen molar-refractivity contribution in [1.82, 2.24) is 19.9 Å². The van der Waals surface area contributed by atoms with Crippen LogP contribution < -0.4 is 20.7 Å². The fraction of sp³-hybridized carbons (Fsp3) is 0.500. The third-order valence-electron chi connectivity index (χ3n) is 5.43. The van der Waals surface area contributed by atoms with E-state index in [1.165, 1.54) is 0 Å². The highest BCUT2D eigenvalue weighted by atomic mass is 32.2. The number of ether oxygens (including phenoxy) is 2. The molecule has 3 N–H and O–H groups in total. The SMILES string of the molecule is CCOc1cnc(C2=CCN(c3nc4c(c(NC(C)(C)COC(N)=O)n3)[S@](=O)CC4)CC2)nc1. The van der Waals surface area contributed by atoms with Gasteiger partial charge in [-0.2, -0.15) is 4.98 Å². The summed E-state index contributed by atoms with van der Waals surface area (Å²) in [4.78, 5) is 32.0. The number of hydrogen-bond donors (Lipinski definition) is 2. The van der Waals surface area contributed by atoms with Gasteiger partial charge in [0.05, 0.1) is 41.0 Å². The Labute approximate surface area is 200 Å². The molecule has 4 heterocycles. The van der Waals surface area contributed by atoms with Crippen LogP contribution in [0.1, 0.15) is 38.7 Å². The molecule has 2 aromatic rings. The van der Waals surface area contributed by atoms with E-state index in [0.717, 1.165) is 17.7 Å². The second-order valence-corrected chi connectivity index (χ2v) is 10.2. The lowest BCUT2D eigenvalue weighted by molar-refractivity contribution is 0.138. The predicted molar refractivity (Wildman–Crippen MR) is 128 cm³/mol. The second kappa shape index (κ2) is 9.92. The van der Waals surface area contributed by atoms with E-state index in [-0.39, 0.29) is 6.61 Å². The van der Waals surface area contributed by atoms with E-state index in [1.807, 2.05) is 20.8 Å². The third-order valence-corrected chi connectivity index (χ3v) is 6.89. The van der Waals surface area contributed by atoms with Crippen LogP contribution in [-0.2, 0) is 22.0 Å². The summed E-state index contributed by atoms with van der Waals surface area (Å²) in [6, 6.07) is 0. The first-order chi connectivity index (χ1) is 16.3. The van der Waals surface area contributed by atoms with Gasteiger partial charge in [0.1, 0.15) is 17.3 Å². The van der Waals surface area contributed by atoms with Gasteiger partial charge in [-0.05, 0) is 32.8 Å². The lowest BCUT2D eigenvalue weighted by Gasteiger charge is -2.29. The van der Waals surface area contributed by atoms with Gasteiger partial charge in [0.25, 0.3) is 0 Å². The number of aryl methyl sites for hydroxylation is 1. The topological polar surface area (TPSA) is 145 Å². The first kappa shape index (κ1) is 23.9. The molecule has 0 unspecified atom stereocenters. The van der Waals surface area contributed by atoms with Crippen molar-refractivity contribution in [3.8, 4) is 5.75 Å². The number of nitrogens with zero attached hydrogens (tertiary/aromatic N) is 5. The van der Waals surface area contributed by atoms with Gasteiger partial charge in [0, 0.05) is 25.3 Å². The summed E-state index contributed by atoms with van der Waals surface area (Å²) in [5.41, 5.74) is 6.28. The Balaban J connectivity index is 1.54. The Bertz CT molecular complexity index is 1120. The molecule has 0 fully saturated rings. The predicted octanol–water partition coefficient (Wildman–Crippen LogP) is 1.91. The summed E-state index contributed by atoms with van der Waals surface area (Å²) < 4.78 is 23.0. The maximum Gasteiger partial charge on any atom is 0.404 e. The highest BCUT2D eigenvalue weighted by Gasteiger charge is 2.31. The van der Waals surface area contributed by atoms with Crippen molar-refractivity contribution in [2.24, 2.45) is 5.73 Å². The molecule has 1 amide bonds. The van der Waals surface area contributed by atoms with Crippen molar-refractivity contribution in [3.05, 3.63) is 30.0 Å². The molecule has 2 aliphatic heterocycles. The van der Waals surface area contributed by atoms with Gasteiger partial charge in [0.2, 0.25) is 5.95 Å². The van der Waals surface area contributed by atoms with Gasteiger partial charge in [-0.15, -0.1) is 0 Å². The number of amides is 1. The van der Waals surface area contributed by atoms with E-state index < -0.39 is 22.4 Å². The number of aromatic nitrogens is 4. The largest absolute Gasteiger partial charge is 0.491 e. The average molecular weight is 488 g/mol. The lowest BCUT2D eigenvalue weighted by Crippen LogP contribution is -2.39. The van der Waals surface area contributed by atoms with Gasteiger partial charge < -0.3 is 25.4 Å². The van der Waals surface area contributed by atoms with Crippen LogP contribution in [0.2, 0.25) is 0 Å². The second-order valence-electron chi connectivity index (χ2n) is 8.67. The van der Waals surface area contributed by atoms with Gasteiger partial charge in [0.15, 0.2) is 11.6 Å². The summed E-state index contributed by atoms with van der Waals surface area (Å²) >= 11 is 0. The van der Waals surface area contributed by atoms with Crippen LogP contribution in [0.15, 0.2) is 23.4 Å². The molecule has 2 aliphatic rings. The number of carbonyl (C=O) groups is 1. The maximum absolute atomic E-state index is 12.6. The standard InChI is InChI=1S/C22H29N7O4S/c1-4-32-15-11-24-18(25-12-15)14-5-8-29(9-6-14)21-26-16-7-10-34(31)17(16)19(27-21)28-22(2,3)13-33-20(23)30/h5,11-12H,4,6-10,13H2,1-3H3,(H2,23,30)(H,26,27,28)/t34-/m1/s1. The number of nitrogens with two attached hydrogens (primary N) is 1. The van der Waals surface area contributed by atoms with Crippen molar-refractivity contribution in [3.63, 3.8) is 0 Å². The Kier molecular flexibility index (Phi) is 6.96. The van der Waals surface area contributed by atoms with Crippen LogP contribution in [0.4, 0.5) is 16.6 Å². The Hall–Kier alpha value is -3.28. The first-order valence-electron chi connectivity index (χ1n) is 11.1. The minimum atomic E-state index is -1.18. The molecule has 0 radical (unpaired) electrons. The monoisotopic (exact) mass is 487 g/mol. The molecule has 0 aromatic carbocycles. The molecule has 0 bridgehead atoms. The molecule has 0 saturated heterocycles. The van der Waals surface area contributed by atoms with Crippen LogP contribution >= 0.6 is 0 Å². The molecule has 12 heteroatoms. The molecule has 0 saturated carbocycles. The van der Waals surface area contributed by atoms with E-state index in [9.17, 15) is 9.00 Å². The van der Waals surface area contributed by atoms with Crippen molar-refractivity contribution in [1.29, 1.82) is 0 Å². The van der Waals surface area contributed by atoms with Crippen molar-refractivity contribution in [2.75, 3.05) is 42.3 Å².